The number of hydrogen-bond donors (Lipinski definition) is 1. The molecule has 0 aliphatic heterocycles. The molecule has 1 amide bonds. The molecule has 10 heteroatoms. The maximum absolute atomic E-state index is 12.9. The lowest BCUT2D eigenvalue weighted by atomic mass is 10.1. The summed E-state index contributed by atoms with van der Waals surface area (Å²) in [4.78, 5) is 29.7. The van der Waals surface area contributed by atoms with Gasteiger partial charge in [-0.25, -0.2) is 9.48 Å². The van der Waals surface area contributed by atoms with Gasteiger partial charge < -0.3 is 19.5 Å². The van der Waals surface area contributed by atoms with Crippen LogP contribution in [0.1, 0.15) is 29.2 Å². The van der Waals surface area contributed by atoms with Crippen LogP contribution in [0.5, 0.6) is 17.2 Å². The standard InChI is InChI=1S/C22H25N5O5/c1-30-17-11-15(12-18(31-2)19(17)32-3)21(28)24-9-10-26-22(29)27(16-6-7-16)20(25-26)14-5-4-8-23-13-14/h4-5,8,11-13,16H,6-7,9-10H2,1-3H3,(H,24,28). The van der Waals surface area contributed by atoms with Crippen LogP contribution in [0.2, 0.25) is 0 Å². The third-order valence-corrected chi connectivity index (χ3v) is 5.24. The van der Waals surface area contributed by atoms with Gasteiger partial charge in [0.1, 0.15) is 0 Å². The van der Waals surface area contributed by atoms with E-state index in [1.807, 2.05) is 12.1 Å². The number of nitrogens with one attached hydrogen (secondary N) is 1. The van der Waals surface area contributed by atoms with Crippen LogP contribution >= 0.6 is 0 Å². The molecule has 0 unspecified atom stereocenters. The third kappa shape index (κ3) is 4.16. The van der Waals surface area contributed by atoms with Gasteiger partial charge in [0.2, 0.25) is 5.75 Å². The van der Waals surface area contributed by atoms with Crippen molar-refractivity contribution in [1.82, 2.24) is 24.6 Å². The van der Waals surface area contributed by atoms with E-state index in [1.54, 1.807) is 29.1 Å². The molecule has 1 N–H and O–H groups in total. The second kappa shape index (κ2) is 9.13. The Hall–Kier alpha value is -3.82. The summed E-state index contributed by atoms with van der Waals surface area (Å²) in [6.07, 6.45) is 5.28. The van der Waals surface area contributed by atoms with Crippen molar-refractivity contribution in [2.75, 3.05) is 27.9 Å². The van der Waals surface area contributed by atoms with Crippen molar-refractivity contribution in [2.24, 2.45) is 0 Å². The molecule has 0 radical (unpaired) electrons. The lowest BCUT2D eigenvalue weighted by Gasteiger charge is -2.14. The average Bonchev–Trinajstić information content (AvgIpc) is 3.61. The van der Waals surface area contributed by atoms with E-state index in [0.29, 0.717) is 28.6 Å². The minimum absolute atomic E-state index is 0.167. The zero-order valence-corrected chi connectivity index (χ0v) is 18.2. The molecule has 3 aromatic rings. The van der Waals surface area contributed by atoms with Gasteiger partial charge in [-0.15, -0.1) is 5.10 Å². The van der Waals surface area contributed by atoms with E-state index in [1.165, 1.54) is 26.0 Å². The highest BCUT2D eigenvalue weighted by atomic mass is 16.5. The number of amides is 1. The number of pyridine rings is 1. The molecule has 2 heterocycles. The third-order valence-electron chi connectivity index (χ3n) is 5.24. The largest absolute Gasteiger partial charge is 0.493 e. The monoisotopic (exact) mass is 439 g/mol. The van der Waals surface area contributed by atoms with Crippen molar-refractivity contribution in [1.29, 1.82) is 0 Å². The van der Waals surface area contributed by atoms with Crippen LogP contribution in [-0.2, 0) is 6.54 Å². The smallest absolute Gasteiger partial charge is 0.346 e. The van der Waals surface area contributed by atoms with Gasteiger partial charge >= 0.3 is 5.69 Å². The molecule has 0 spiro atoms. The molecule has 1 aromatic carbocycles. The molecule has 4 rings (SSSR count). The number of aromatic nitrogens is 4. The van der Waals surface area contributed by atoms with Crippen molar-refractivity contribution in [3.8, 4) is 28.6 Å². The average molecular weight is 439 g/mol. The highest BCUT2D eigenvalue weighted by Crippen LogP contribution is 2.38. The Labute approximate surface area is 184 Å². The number of hydrogen-bond acceptors (Lipinski definition) is 7. The van der Waals surface area contributed by atoms with Gasteiger partial charge in [0.05, 0.1) is 27.9 Å². The van der Waals surface area contributed by atoms with E-state index in [-0.39, 0.29) is 30.7 Å². The first-order valence-electron chi connectivity index (χ1n) is 10.2. The zero-order chi connectivity index (χ0) is 22.7. The van der Waals surface area contributed by atoms with Gasteiger partial charge in [-0.05, 0) is 37.1 Å². The van der Waals surface area contributed by atoms with E-state index in [0.717, 1.165) is 18.4 Å². The van der Waals surface area contributed by atoms with Gasteiger partial charge in [-0.1, -0.05) is 0 Å². The van der Waals surface area contributed by atoms with E-state index >= 15 is 0 Å². The molecule has 1 fully saturated rings. The molecule has 1 aliphatic rings. The van der Waals surface area contributed by atoms with Crippen LogP contribution in [0.4, 0.5) is 0 Å². The van der Waals surface area contributed by atoms with E-state index in [2.05, 4.69) is 15.4 Å². The summed E-state index contributed by atoms with van der Waals surface area (Å²) < 4.78 is 19.0. The number of rotatable bonds is 9. The van der Waals surface area contributed by atoms with Gasteiger partial charge in [0.15, 0.2) is 17.3 Å². The number of nitrogens with zero attached hydrogens (tertiary/aromatic N) is 4. The van der Waals surface area contributed by atoms with Crippen molar-refractivity contribution in [3.63, 3.8) is 0 Å². The Kier molecular flexibility index (Phi) is 6.11. The lowest BCUT2D eigenvalue weighted by Crippen LogP contribution is -2.32. The minimum atomic E-state index is -0.327. The Bertz CT molecular complexity index is 1140. The molecule has 0 saturated heterocycles. The molecule has 0 bridgehead atoms. The molecule has 10 nitrogen and oxygen atoms in total. The molecule has 1 saturated carbocycles. The molecular weight excluding hydrogens is 414 g/mol. The van der Waals surface area contributed by atoms with Crippen molar-refractivity contribution in [3.05, 3.63) is 52.7 Å². The first kappa shape index (κ1) is 21.4. The van der Waals surface area contributed by atoms with Gasteiger partial charge in [0, 0.05) is 36.1 Å². The molecule has 0 atom stereocenters. The minimum Gasteiger partial charge on any atom is -0.493 e. The Morgan fingerprint density at radius 2 is 1.88 bits per heavy atom. The maximum atomic E-state index is 12.9. The molecule has 168 valence electrons. The number of methoxy groups -OCH3 is 3. The fraction of sp³-hybridized carbons (Fsp3) is 0.364. The van der Waals surface area contributed by atoms with Crippen LogP contribution in [0.15, 0.2) is 41.5 Å². The lowest BCUT2D eigenvalue weighted by molar-refractivity contribution is 0.0951. The first-order chi connectivity index (χ1) is 15.6. The zero-order valence-electron chi connectivity index (χ0n) is 18.2. The van der Waals surface area contributed by atoms with Crippen molar-refractivity contribution < 1.29 is 19.0 Å². The normalized spacial score (nSPS) is 13.0. The van der Waals surface area contributed by atoms with Crippen LogP contribution in [0.3, 0.4) is 0 Å². The second-order valence-electron chi connectivity index (χ2n) is 7.34. The Morgan fingerprint density at radius 3 is 2.44 bits per heavy atom. The maximum Gasteiger partial charge on any atom is 0.346 e. The number of benzene rings is 1. The summed E-state index contributed by atoms with van der Waals surface area (Å²) in [6, 6.07) is 7.01. The predicted molar refractivity (Wildman–Crippen MR) is 116 cm³/mol. The van der Waals surface area contributed by atoms with E-state index in [9.17, 15) is 9.59 Å². The number of carbonyl (C=O) groups excluding carboxylic acids is 1. The molecule has 2 aromatic heterocycles. The van der Waals surface area contributed by atoms with Crippen LogP contribution in [0.25, 0.3) is 11.4 Å². The van der Waals surface area contributed by atoms with Crippen molar-refractivity contribution >= 4 is 5.91 Å². The molecular formula is C22H25N5O5. The topological polar surface area (TPSA) is 110 Å². The highest BCUT2D eigenvalue weighted by Gasteiger charge is 2.30. The second-order valence-corrected chi connectivity index (χ2v) is 7.34. The Morgan fingerprint density at radius 1 is 1.16 bits per heavy atom. The number of ether oxygens (including phenoxy) is 3. The Balaban J connectivity index is 1.49. The summed E-state index contributed by atoms with van der Waals surface area (Å²) in [5.41, 5.74) is 0.955. The number of carbonyl (C=O) groups is 1. The van der Waals surface area contributed by atoms with Crippen LogP contribution in [-0.4, -0.2) is 53.1 Å². The summed E-state index contributed by atoms with van der Waals surface area (Å²) >= 11 is 0. The van der Waals surface area contributed by atoms with Crippen LogP contribution in [0, 0.1) is 0 Å². The van der Waals surface area contributed by atoms with Gasteiger partial charge in [-0.3, -0.25) is 14.3 Å². The fourth-order valence-corrected chi connectivity index (χ4v) is 3.51. The van der Waals surface area contributed by atoms with Crippen LogP contribution < -0.4 is 25.2 Å². The van der Waals surface area contributed by atoms with Gasteiger partial charge in [0.25, 0.3) is 5.91 Å². The molecule has 32 heavy (non-hydrogen) atoms. The van der Waals surface area contributed by atoms with E-state index < -0.39 is 0 Å². The summed E-state index contributed by atoms with van der Waals surface area (Å²) in [6.45, 7) is 0.464. The summed E-state index contributed by atoms with van der Waals surface area (Å²) in [7, 11) is 4.47. The summed E-state index contributed by atoms with van der Waals surface area (Å²) in [5, 5.41) is 7.32. The van der Waals surface area contributed by atoms with Crippen molar-refractivity contribution in [2.45, 2.75) is 25.4 Å². The predicted octanol–water partition coefficient (Wildman–Crippen LogP) is 1.90. The molecule has 1 aliphatic carbocycles. The fourth-order valence-electron chi connectivity index (χ4n) is 3.51. The summed E-state index contributed by atoms with van der Waals surface area (Å²) in [5.74, 6) is 1.45. The van der Waals surface area contributed by atoms with E-state index in [4.69, 9.17) is 14.2 Å². The first-order valence-corrected chi connectivity index (χ1v) is 10.2. The highest BCUT2D eigenvalue weighted by molar-refractivity contribution is 5.95. The SMILES string of the molecule is COc1cc(C(=O)NCCn2nc(-c3cccnc3)n(C3CC3)c2=O)cc(OC)c1OC. The van der Waals surface area contributed by atoms with Gasteiger partial charge in [-0.2, -0.15) is 0 Å². The quantitative estimate of drug-likeness (QED) is 0.542.